The van der Waals surface area contributed by atoms with E-state index in [2.05, 4.69) is 10.6 Å². The van der Waals surface area contributed by atoms with Crippen molar-refractivity contribution in [2.45, 2.75) is 32.7 Å². The monoisotopic (exact) mass is 250 g/mol. The molecule has 0 aromatic carbocycles. The largest absolute Gasteiger partial charge is 0.355 e. The smallest absolute Gasteiger partial charge is 0.221 e. The van der Waals surface area contributed by atoms with E-state index in [0.29, 0.717) is 13.0 Å². The summed E-state index contributed by atoms with van der Waals surface area (Å²) in [5.74, 6) is -0.133. The molecular formula is C10H22N2O3S. The van der Waals surface area contributed by atoms with Crippen molar-refractivity contribution in [1.29, 1.82) is 0 Å². The van der Waals surface area contributed by atoms with Crippen LogP contribution in [0.4, 0.5) is 0 Å². The molecule has 0 aliphatic rings. The number of hydrogen-bond donors (Lipinski definition) is 2. The second-order valence-electron chi connectivity index (χ2n) is 4.91. The van der Waals surface area contributed by atoms with Crippen molar-refractivity contribution < 1.29 is 13.2 Å². The van der Waals surface area contributed by atoms with Crippen LogP contribution in [0.1, 0.15) is 27.2 Å². The van der Waals surface area contributed by atoms with Crippen molar-refractivity contribution in [1.82, 2.24) is 10.6 Å². The van der Waals surface area contributed by atoms with Gasteiger partial charge in [-0.15, -0.1) is 0 Å². The molecule has 0 heterocycles. The Balaban J connectivity index is 3.61. The fourth-order valence-electron chi connectivity index (χ4n) is 1.02. The summed E-state index contributed by atoms with van der Waals surface area (Å²) in [4.78, 5) is 11.3. The molecule has 1 amide bonds. The van der Waals surface area contributed by atoms with Gasteiger partial charge in [0.05, 0.1) is 5.75 Å². The minimum absolute atomic E-state index is 0.00691. The van der Waals surface area contributed by atoms with Crippen molar-refractivity contribution in [2.75, 3.05) is 25.1 Å². The summed E-state index contributed by atoms with van der Waals surface area (Å²) < 4.78 is 21.6. The highest BCUT2D eigenvalue weighted by atomic mass is 32.2. The van der Waals surface area contributed by atoms with Gasteiger partial charge in [-0.05, 0) is 20.8 Å². The van der Waals surface area contributed by atoms with Crippen LogP contribution >= 0.6 is 0 Å². The summed E-state index contributed by atoms with van der Waals surface area (Å²) in [6.45, 7) is 6.85. The van der Waals surface area contributed by atoms with Crippen LogP contribution in [0.5, 0.6) is 0 Å². The van der Waals surface area contributed by atoms with Crippen molar-refractivity contribution in [3.05, 3.63) is 0 Å². The van der Waals surface area contributed by atoms with E-state index in [9.17, 15) is 13.2 Å². The zero-order valence-electron chi connectivity index (χ0n) is 10.5. The molecule has 0 rings (SSSR count). The molecule has 0 saturated carbocycles. The molecule has 0 unspecified atom stereocenters. The Bertz CT molecular complexity index is 317. The van der Waals surface area contributed by atoms with Gasteiger partial charge in [0, 0.05) is 31.3 Å². The Hall–Kier alpha value is -0.620. The van der Waals surface area contributed by atoms with Gasteiger partial charge in [-0.2, -0.15) is 0 Å². The third-order valence-electron chi connectivity index (χ3n) is 1.80. The Morgan fingerprint density at radius 3 is 2.19 bits per heavy atom. The highest BCUT2D eigenvalue weighted by molar-refractivity contribution is 7.90. The Morgan fingerprint density at radius 1 is 1.19 bits per heavy atom. The number of nitrogens with one attached hydrogen (secondary N) is 2. The average Bonchev–Trinajstić information content (AvgIpc) is 1.98. The molecular weight excluding hydrogens is 228 g/mol. The van der Waals surface area contributed by atoms with Crippen LogP contribution < -0.4 is 10.6 Å². The number of amides is 1. The predicted octanol–water partition coefficient (Wildman–Crippen LogP) is -0.0746. The third-order valence-corrected chi connectivity index (χ3v) is 2.75. The van der Waals surface area contributed by atoms with Gasteiger partial charge in [0.2, 0.25) is 5.91 Å². The van der Waals surface area contributed by atoms with E-state index in [4.69, 9.17) is 0 Å². The van der Waals surface area contributed by atoms with E-state index >= 15 is 0 Å². The van der Waals surface area contributed by atoms with Gasteiger partial charge in [-0.3, -0.25) is 4.79 Å². The standard InChI is InChI=1S/C10H22N2O3S/c1-10(2,3)12-6-5-9(13)11-7-8-16(4,14)15/h12H,5-8H2,1-4H3,(H,11,13). The molecule has 0 aromatic rings. The number of hydrogen-bond acceptors (Lipinski definition) is 4. The van der Waals surface area contributed by atoms with E-state index in [1.807, 2.05) is 20.8 Å². The summed E-state index contributed by atoms with van der Waals surface area (Å²) >= 11 is 0. The van der Waals surface area contributed by atoms with E-state index in [1.165, 1.54) is 0 Å². The lowest BCUT2D eigenvalue weighted by Crippen LogP contribution is -2.39. The number of carbonyl (C=O) groups is 1. The highest BCUT2D eigenvalue weighted by Gasteiger charge is 2.09. The maximum absolute atomic E-state index is 11.3. The van der Waals surface area contributed by atoms with Crippen LogP contribution in [0.2, 0.25) is 0 Å². The second kappa shape index (κ2) is 6.20. The summed E-state index contributed by atoms with van der Waals surface area (Å²) in [7, 11) is -2.99. The molecule has 2 N–H and O–H groups in total. The van der Waals surface area contributed by atoms with Gasteiger partial charge >= 0.3 is 0 Å². The predicted molar refractivity (Wildman–Crippen MR) is 65.1 cm³/mol. The molecule has 0 aliphatic carbocycles. The summed E-state index contributed by atoms with van der Waals surface area (Å²) in [5.41, 5.74) is -0.00691. The molecule has 0 aliphatic heterocycles. The SMILES string of the molecule is CC(C)(C)NCCC(=O)NCCS(C)(=O)=O. The zero-order valence-corrected chi connectivity index (χ0v) is 11.3. The summed E-state index contributed by atoms with van der Waals surface area (Å²) in [6, 6.07) is 0. The fourth-order valence-corrected chi connectivity index (χ4v) is 1.49. The van der Waals surface area contributed by atoms with Crippen molar-refractivity contribution >= 4 is 15.7 Å². The molecule has 16 heavy (non-hydrogen) atoms. The topological polar surface area (TPSA) is 75.3 Å². The van der Waals surface area contributed by atoms with Crippen molar-refractivity contribution in [2.24, 2.45) is 0 Å². The minimum Gasteiger partial charge on any atom is -0.355 e. The van der Waals surface area contributed by atoms with Gasteiger partial charge in [0.15, 0.2) is 0 Å². The lowest BCUT2D eigenvalue weighted by Gasteiger charge is -2.20. The molecule has 6 heteroatoms. The lowest BCUT2D eigenvalue weighted by molar-refractivity contribution is -0.120. The van der Waals surface area contributed by atoms with E-state index in [0.717, 1.165) is 6.26 Å². The van der Waals surface area contributed by atoms with Gasteiger partial charge in [0.25, 0.3) is 0 Å². The van der Waals surface area contributed by atoms with Gasteiger partial charge in [-0.25, -0.2) is 8.42 Å². The quantitative estimate of drug-likeness (QED) is 0.692. The molecule has 96 valence electrons. The number of carbonyl (C=O) groups excluding carboxylic acids is 1. The second-order valence-corrected chi connectivity index (χ2v) is 7.17. The number of rotatable bonds is 6. The zero-order chi connectivity index (χ0) is 12.8. The number of sulfone groups is 1. The molecule has 0 fully saturated rings. The molecule has 0 spiro atoms. The van der Waals surface area contributed by atoms with Gasteiger partial charge < -0.3 is 10.6 Å². The first-order valence-corrected chi connectivity index (χ1v) is 7.36. The minimum atomic E-state index is -2.99. The first-order chi connectivity index (χ1) is 7.10. The highest BCUT2D eigenvalue weighted by Crippen LogP contribution is 1.97. The average molecular weight is 250 g/mol. The normalized spacial score (nSPS) is 12.5. The van der Waals surface area contributed by atoms with E-state index < -0.39 is 9.84 Å². The van der Waals surface area contributed by atoms with Crippen molar-refractivity contribution in [3.8, 4) is 0 Å². The Morgan fingerprint density at radius 2 is 1.75 bits per heavy atom. The maximum atomic E-state index is 11.3. The maximum Gasteiger partial charge on any atom is 0.221 e. The van der Waals surface area contributed by atoms with Crippen LogP contribution in [0.15, 0.2) is 0 Å². The van der Waals surface area contributed by atoms with Crippen LogP contribution in [0.25, 0.3) is 0 Å². The van der Waals surface area contributed by atoms with Crippen molar-refractivity contribution in [3.63, 3.8) is 0 Å². The van der Waals surface area contributed by atoms with Gasteiger partial charge in [0.1, 0.15) is 9.84 Å². The molecule has 0 bridgehead atoms. The third kappa shape index (κ3) is 11.5. The Labute approximate surface area is 97.9 Å². The molecule has 0 atom stereocenters. The van der Waals surface area contributed by atoms with Gasteiger partial charge in [-0.1, -0.05) is 0 Å². The summed E-state index contributed by atoms with van der Waals surface area (Å²) in [6.07, 6.45) is 1.52. The lowest BCUT2D eigenvalue weighted by atomic mass is 10.1. The van der Waals surface area contributed by atoms with Crippen LogP contribution in [0, 0.1) is 0 Å². The molecule has 0 saturated heterocycles. The molecule has 0 aromatic heterocycles. The van der Waals surface area contributed by atoms with E-state index in [1.54, 1.807) is 0 Å². The van der Waals surface area contributed by atoms with Crippen LogP contribution in [-0.2, 0) is 14.6 Å². The first-order valence-electron chi connectivity index (χ1n) is 5.30. The van der Waals surface area contributed by atoms with Crippen LogP contribution in [-0.4, -0.2) is 45.0 Å². The summed E-state index contributed by atoms with van der Waals surface area (Å²) in [5, 5.41) is 5.75. The van der Waals surface area contributed by atoms with Crippen LogP contribution in [0.3, 0.4) is 0 Å². The molecule has 0 radical (unpaired) electrons. The fraction of sp³-hybridized carbons (Fsp3) is 0.900. The van der Waals surface area contributed by atoms with E-state index in [-0.39, 0.29) is 23.7 Å². The Kier molecular flexibility index (Phi) is 5.96. The molecule has 5 nitrogen and oxygen atoms in total. The first kappa shape index (κ1) is 15.4.